The first-order valence-corrected chi connectivity index (χ1v) is 7.23. The number of esters is 1. The lowest BCUT2D eigenvalue weighted by atomic mass is 9.68. The molecule has 0 saturated carbocycles. The predicted molar refractivity (Wildman–Crippen MR) is 80.3 cm³/mol. The molecule has 0 aromatic carbocycles. The Bertz CT molecular complexity index is 342. The van der Waals surface area contributed by atoms with Gasteiger partial charge in [-0.1, -0.05) is 20.8 Å². The van der Waals surface area contributed by atoms with Gasteiger partial charge in [-0.15, -0.1) is 0 Å². The number of aliphatic hydroxyl groups is 2. The van der Waals surface area contributed by atoms with Crippen LogP contribution in [0.2, 0.25) is 0 Å². The second-order valence-corrected chi connectivity index (χ2v) is 7.96. The first-order valence-electron chi connectivity index (χ1n) is 7.23. The molecule has 4 heteroatoms. The molecular weight excluding hydrogens is 256 g/mol. The summed E-state index contributed by atoms with van der Waals surface area (Å²) in [5.74, 6) is -0.357. The largest absolute Gasteiger partial charge is 0.458 e. The molecule has 0 amide bonds. The van der Waals surface area contributed by atoms with E-state index in [1.165, 1.54) is 0 Å². The van der Waals surface area contributed by atoms with Gasteiger partial charge in [0.05, 0.1) is 16.6 Å². The van der Waals surface area contributed by atoms with Crippen LogP contribution in [-0.4, -0.2) is 33.5 Å². The quantitative estimate of drug-likeness (QED) is 0.738. The number of carbonyl (C=O) groups excluding carboxylic acids is 1. The minimum atomic E-state index is -1.25. The first-order chi connectivity index (χ1) is 8.57. The third-order valence-electron chi connectivity index (χ3n) is 4.54. The van der Waals surface area contributed by atoms with Crippen LogP contribution in [0.3, 0.4) is 0 Å². The maximum Gasteiger partial charge on any atom is 0.311 e. The Morgan fingerprint density at radius 2 is 1.40 bits per heavy atom. The molecule has 0 rings (SSSR count). The van der Waals surface area contributed by atoms with E-state index in [0.717, 1.165) is 0 Å². The molecule has 0 aliphatic rings. The molecule has 0 heterocycles. The Hall–Kier alpha value is -0.610. The third-order valence-corrected chi connectivity index (χ3v) is 4.54. The monoisotopic (exact) mass is 288 g/mol. The van der Waals surface area contributed by atoms with Crippen LogP contribution in [0.5, 0.6) is 0 Å². The van der Waals surface area contributed by atoms with Gasteiger partial charge in [-0.2, -0.15) is 0 Å². The summed E-state index contributed by atoms with van der Waals surface area (Å²) in [6, 6.07) is 0. The van der Waals surface area contributed by atoms with Gasteiger partial charge in [0.2, 0.25) is 0 Å². The zero-order chi connectivity index (χ0) is 16.6. The van der Waals surface area contributed by atoms with Crippen molar-refractivity contribution in [2.75, 3.05) is 0 Å². The number of ether oxygens (including phenoxy) is 1. The molecule has 1 unspecified atom stereocenters. The summed E-state index contributed by atoms with van der Waals surface area (Å²) in [4.78, 5) is 12.3. The van der Waals surface area contributed by atoms with Crippen LogP contribution in [0, 0.1) is 10.8 Å². The van der Waals surface area contributed by atoms with E-state index in [9.17, 15) is 15.0 Å². The van der Waals surface area contributed by atoms with Crippen molar-refractivity contribution in [3.63, 3.8) is 0 Å². The molecule has 0 spiro atoms. The van der Waals surface area contributed by atoms with Crippen LogP contribution in [0.1, 0.15) is 68.7 Å². The normalized spacial score (nSPS) is 15.9. The smallest absolute Gasteiger partial charge is 0.311 e. The summed E-state index contributed by atoms with van der Waals surface area (Å²) in [5, 5.41) is 20.7. The van der Waals surface area contributed by atoms with Crippen molar-refractivity contribution in [2.24, 2.45) is 10.8 Å². The van der Waals surface area contributed by atoms with E-state index in [1.54, 1.807) is 41.5 Å². The molecule has 0 aromatic rings. The van der Waals surface area contributed by atoms with Crippen molar-refractivity contribution >= 4 is 5.97 Å². The predicted octanol–water partition coefficient (Wildman–Crippen LogP) is 2.90. The van der Waals surface area contributed by atoms with Gasteiger partial charge in [0.1, 0.15) is 6.10 Å². The lowest BCUT2D eigenvalue weighted by Gasteiger charge is -2.47. The zero-order valence-corrected chi connectivity index (χ0v) is 14.5. The van der Waals surface area contributed by atoms with Gasteiger partial charge >= 0.3 is 5.97 Å². The standard InChI is InChI=1S/C16H32O4/c1-10-13(2,3)12(17)20-11(15(6,7)18)14(4,5)16(8,9)19/h11,18-19H,10H2,1-9H3. The molecule has 0 aliphatic carbocycles. The fourth-order valence-electron chi connectivity index (χ4n) is 1.91. The van der Waals surface area contributed by atoms with Gasteiger partial charge in [-0.25, -0.2) is 0 Å². The first kappa shape index (κ1) is 19.4. The molecule has 0 aliphatic heterocycles. The molecular formula is C16H32O4. The van der Waals surface area contributed by atoms with Gasteiger partial charge in [-0.3, -0.25) is 4.79 Å². The SMILES string of the molecule is CCC(C)(C)C(=O)OC(C(C)(C)O)C(C)(C)C(C)(C)O. The van der Waals surface area contributed by atoms with Crippen LogP contribution in [0.4, 0.5) is 0 Å². The number of hydrogen-bond donors (Lipinski definition) is 2. The van der Waals surface area contributed by atoms with Crippen LogP contribution in [0.25, 0.3) is 0 Å². The van der Waals surface area contributed by atoms with E-state index in [0.29, 0.717) is 6.42 Å². The van der Waals surface area contributed by atoms with Crippen LogP contribution in [-0.2, 0) is 9.53 Å². The Morgan fingerprint density at radius 1 is 1.00 bits per heavy atom. The maximum absolute atomic E-state index is 12.3. The summed E-state index contributed by atoms with van der Waals surface area (Å²) in [7, 11) is 0. The second kappa shape index (κ2) is 5.64. The average molecular weight is 288 g/mol. The minimum absolute atomic E-state index is 0.357. The maximum atomic E-state index is 12.3. The highest BCUT2D eigenvalue weighted by molar-refractivity contribution is 5.76. The van der Waals surface area contributed by atoms with E-state index in [2.05, 4.69) is 0 Å². The summed E-state index contributed by atoms with van der Waals surface area (Å²) in [5.41, 5.74) is -3.76. The fourth-order valence-corrected chi connectivity index (χ4v) is 1.91. The highest BCUT2D eigenvalue weighted by Crippen LogP contribution is 2.41. The minimum Gasteiger partial charge on any atom is -0.458 e. The van der Waals surface area contributed by atoms with Crippen LogP contribution in [0.15, 0.2) is 0 Å². The Morgan fingerprint density at radius 3 is 1.65 bits per heavy atom. The molecule has 0 fully saturated rings. The highest BCUT2D eigenvalue weighted by Gasteiger charge is 2.51. The summed E-state index contributed by atoms with van der Waals surface area (Å²) in [6.07, 6.45) is -0.166. The molecule has 1 atom stereocenters. The molecule has 4 nitrogen and oxygen atoms in total. The van der Waals surface area contributed by atoms with Gasteiger partial charge in [-0.05, 0) is 48.0 Å². The van der Waals surface area contributed by atoms with Gasteiger partial charge in [0.15, 0.2) is 0 Å². The van der Waals surface area contributed by atoms with Gasteiger partial charge < -0.3 is 14.9 Å². The van der Waals surface area contributed by atoms with E-state index in [1.807, 2.05) is 20.8 Å². The third kappa shape index (κ3) is 4.19. The number of rotatable bonds is 6. The van der Waals surface area contributed by atoms with E-state index in [-0.39, 0.29) is 5.97 Å². The summed E-state index contributed by atoms with van der Waals surface area (Å²) < 4.78 is 5.61. The van der Waals surface area contributed by atoms with E-state index in [4.69, 9.17) is 4.74 Å². The van der Waals surface area contributed by atoms with Crippen molar-refractivity contribution in [1.29, 1.82) is 0 Å². The summed E-state index contributed by atoms with van der Waals surface area (Å²) in [6.45, 7) is 15.6. The second-order valence-electron chi connectivity index (χ2n) is 7.96. The number of carbonyl (C=O) groups is 1. The molecule has 20 heavy (non-hydrogen) atoms. The Kier molecular flexibility index (Phi) is 5.47. The van der Waals surface area contributed by atoms with Crippen LogP contribution >= 0.6 is 0 Å². The topological polar surface area (TPSA) is 66.8 Å². The Labute approximate surface area is 123 Å². The molecule has 120 valence electrons. The average Bonchev–Trinajstić information content (AvgIpc) is 2.21. The zero-order valence-electron chi connectivity index (χ0n) is 14.5. The highest BCUT2D eigenvalue weighted by atomic mass is 16.6. The molecule has 2 N–H and O–H groups in total. The van der Waals surface area contributed by atoms with Crippen molar-refractivity contribution in [3.8, 4) is 0 Å². The van der Waals surface area contributed by atoms with E-state index >= 15 is 0 Å². The van der Waals surface area contributed by atoms with Crippen LogP contribution < -0.4 is 0 Å². The molecule has 0 radical (unpaired) electrons. The summed E-state index contributed by atoms with van der Waals surface area (Å²) >= 11 is 0. The van der Waals surface area contributed by atoms with E-state index < -0.39 is 28.1 Å². The molecule has 0 bridgehead atoms. The number of hydrogen-bond acceptors (Lipinski definition) is 4. The van der Waals surface area contributed by atoms with Crippen molar-refractivity contribution in [3.05, 3.63) is 0 Å². The Balaban J connectivity index is 5.50. The fraction of sp³-hybridized carbons (Fsp3) is 0.938. The molecule has 0 saturated heterocycles. The van der Waals surface area contributed by atoms with Crippen molar-refractivity contribution in [1.82, 2.24) is 0 Å². The van der Waals surface area contributed by atoms with Gasteiger partial charge in [0, 0.05) is 5.41 Å². The lowest BCUT2D eigenvalue weighted by molar-refractivity contribution is -0.207. The lowest BCUT2D eigenvalue weighted by Crippen LogP contribution is -2.58. The molecule has 0 aromatic heterocycles. The van der Waals surface area contributed by atoms with Gasteiger partial charge in [0.25, 0.3) is 0 Å². The van der Waals surface area contributed by atoms with Crippen molar-refractivity contribution in [2.45, 2.75) is 86.0 Å². The van der Waals surface area contributed by atoms with Crippen molar-refractivity contribution < 1.29 is 19.7 Å².